The minimum Gasteiger partial charge on any atom is -0.354 e. The molecule has 2 amide bonds. The van der Waals surface area contributed by atoms with Gasteiger partial charge in [0, 0.05) is 31.6 Å². The maximum Gasteiger partial charge on any atom is 0.418 e. The van der Waals surface area contributed by atoms with Crippen LogP contribution >= 0.6 is 0 Å². The number of fused-ring (bicyclic) bond motifs is 1. The van der Waals surface area contributed by atoms with E-state index in [-0.39, 0.29) is 5.69 Å². The van der Waals surface area contributed by atoms with Gasteiger partial charge in [0.05, 0.1) is 22.3 Å². The fourth-order valence-corrected chi connectivity index (χ4v) is 3.96. The maximum atomic E-state index is 13.2. The third-order valence-electron chi connectivity index (χ3n) is 5.63. The number of anilines is 2. The van der Waals surface area contributed by atoms with Crippen LogP contribution < -0.4 is 10.2 Å². The number of carbonyl (C=O) groups is 1. The number of carbonyl (C=O) groups excluding carboxylic acids is 1. The average molecular weight is 453 g/mol. The van der Waals surface area contributed by atoms with Crippen molar-refractivity contribution in [3.05, 3.63) is 65.2 Å². The zero-order chi connectivity index (χ0) is 23.6. The normalized spacial score (nSPS) is 14.6. The second-order valence-corrected chi connectivity index (χ2v) is 7.97. The van der Waals surface area contributed by atoms with Gasteiger partial charge in [0.15, 0.2) is 0 Å². The Hall–Kier alpha value is -3.80. The van der Waals surface area contributed by atoms with E-state index in [1.807, 2.05) is 30.0 Å². The number of nitrogens with one attached hydrogen (secondary N) is 1. The lowest BCUT2D eigenvalue weighted by Gasteiger charge is -2.24. The molecule has 9 heteroatoms. The van der Waals surface area contributed by atoms with E-state index in [4.69, 9.17) is 4.98 Å². The molecule has 1 fully saturated rings. The monoisotopic (exact) mass is 453 g/mol. The molecule has 0 saturated carbocycles. The Balaban J connectivity index is 1.52. The van der Waals surface area contributed by atoms with Gasteiger partial charge in [-0.15, -0.1) is 0 Å². The van der Waals surface area contributed by atoms with Crippen LogP contribution in [-0.4, -0.2) is 42.1 Å². The molecule has 0 unspecified atom stereocenters. The Morgan fingerprint density at radius 3 is 2.64 bits per heavy atom. The second kappa shape index (κ2) is 8.98. The fourth-order valence-electron chi connectivity index (χ4n) is 3.96. The van der Waals surface area contributed by atoms with Crippen molar-refractivity contribution in [3.8, 4) is 6.07 Å². The molecular formula is C24H22F3N5O. The summed E-state index contributed by atoms with van der Waals surface area (Å²) in [6.07, 6.45) is -3.97. The van der Waals surface area contributed by atoms with E-state index in [9.17, 15) is 23.2 Å². The molecule has 33 heavy (non-hydrogen) atoms. The first kappa shape index (κ1) is 22.4. The SMILES string of the molecule is Cc1ccc2cc(C#N)c(N3CCCN(C(=O)Nc4ccccc4C(F)(F)F)CC3)nc2c1. The summed E-state index contributed by atoms with van der Waals surface area (Å²) in [5.41, 5.74) is 1.14. The van der Waals surface area contributed by atoms with Crippen LogP contribution in [0.3, 0.4) is 0 Å². The van der Waals surface area contributed by atoms with Gasteiger partial charge in [-0.3, -0.25) is 0 Å². The number of para-hydroxylation sites is 1. The van der Waals surface area contributed by atoms with E-state index in [1.165, 1.54) is 23.1 Å². The van der Waals surface area contributed by atoms with E-state index in [1.54, 1.807) is 6.07 Å². The number of hydrogen-bond donors (Lipinski definition) is 1. The molecule has 1 aromatic heterocycles. The van der Waals surface area contributed by atoms with Crippen LogP contribution in [0.4, 0.5) is 29.5 Å². The molecule has 170 valence electrons. The summed E-state index contributed by atoms with van der Waals surface area (Å²) in [5, 5.41) is 12.9. The van der Waals surface area contributed by atoms with Crippen molar-refractivity contribution in [3.63, 3.8) is 0 Å². The summed E-state index contributed by atoms with van der Waals surface area (Å²) in [6.45, 7) is 3.62. The zero-order valence-corrected chi connectivity index (χ0v) is 18.0. The van der Waals surface area contributed by atoms with E-state index >= 15 is 0 Å². The van der Waals surface area contributed by atoms with Gasteiger partial charge >= 0.3 is 12.2 Å². The molecule has 1 N–H and O–H groups in total. The number of urea groups is 1. The van der Waals surface area contributed by atoms with Gasteiger partial charge < -0.3 is 15.1 Å². The third kappa shape index (κ3) is 4.85. The molecule has 1 aliphatic heterocycles. The van der Waals surface area contributed by atoms with Crippen molar-refractivity contribution >= 4 is 28.4 Å². The van der Waals surface area contributed by atoms with Gasteiger partial charge in [0.2, 0.25) is 0 Å². The van der Waals surface area contributed by atoms with E-state index in [2.05, 4.69) is 11.4 Å². The lowest BCUT2D eigenvalue weighted by Crippen LogP contribution is -2.38. The molecule has 1 saturated heterocycles. The summed E-state index contributed by atoms with van der Waals surface area (Å²) in [7, 11) is 0. The van der Waals surface area contributed by atoms with E-state index in [0.29, 0.717) is 44.0 Å². The second-order valence-electron chi connectivity index (χ2n) is 7.97. The van der Waals surface area contributed by atoms with Crippen molar-refractivity contribution < 1.29 is 18.0 Å². The number of nitrogens with zero attached hydrogens (tertiary/aromatic N) is 4. The summed E-state index contributed by atoms with van der Waals surface area (Å²) in [4.78, 5) is 20.9. The number of aromatic nitrogens is 1. The van der Waals surface area contributed by atoms with Crippen LogP contribution in [0.15, 0.2) is 48.5 Å². The van der Waals surface area contributed by atoms with Crippen molar-refractivity contribution in [2.24, 2.45) is 0 Å². The minimum atomic E-state index is -4.56. The molecule has 0 atom stereocenters. The lowest BCUT2D eigenvalue weighted by molar-refractivity contribution is -0.136. The minimum absolute atomic E-state index is 0.269. The predicted octanol–water partition coefficient (Wildman–Crippen LogP) is 5.18. The fraction of sp³-hybridized carbons (Fsp3) is 0.292. The summed E-state index contributed by atoms with van der Waals surface area (Å²) in [6, 6.07) is 14.2. The number of amides is 2. The molecule has 0 aliphatic carbocycles. The van der Waals surface area contributed by atoms with Crippen LogP contribution in [0.1, 0.15) is 23.1 Å². The first-order valence-corrected chi connectivity index (χ1v) is 10.5. The van der Waals surface area contributed by atoms with Crippen LogP contribution in [-0.2, 0) is 6.18 Å². The van der Waals surface area contributed by atoms with Crippen molar-refractivity contribution in [1.29, 1.82) is 5.26 Å². The van der Waals surface area contributed by atoms with E-state index in [0.717, 1.165) is 22.5 Å². The molecule has 6 nitrogen and oxygen atoms in total. The quantitative estimate of drug-likeness (QED) is 0.581. The standard InChI is InChI=1S/C24H22F3N5O/c1-16-7-8-17-14-18(15-28)22(29-21(17)13-16)31-9-4-10-32(12-11-31)23(33)30-20-6-3-2-5-19(20)24(25,26)27/h2-3,5-8,13-14H,4,9-12H2,1H3,(H,30,33). The van der Waals surface area contributed by atoms with Crippen LogP contribution in [0.5, 0.6) is 0 Å². The Kier molecular flexibility index (Phi) is 6.09. The molecule has 0 spiro atoms. The number of halogens is 3. The van der Waals surface area contributed by atoms with Gasteiger partial charge in [-0.2, -0.15) is 18.4 Å². The van der Waals surface area contributed by atoms with Crippen LogP contribution in [0.25, 0.3) is 10.9 Å². The molecule has 0 bridgehead atoms. The number of aryl methyl sites for hydroxylation is 1. The highest BCUT2D eigenvalue weighted by atomic mass is 19.4. The molecule has 1 aliphatic rings. The van der Waals surface area contributed by atoms with Crippen molar-refractivity contribution in [1.82, 2.24) is 9.88 Å². The molecule has 2 heterocycles. The molecule has 3 aromatic rings. The highest BCUT2D eigenvalue weighted by molar-refractivity contribution is 5.90. The maximum absolute atomic E-state index is 13.2. The smallest absolute Gasteiger partial charge is 0.354 e. The average Bonchev–Trinajstić information content (AvgIpc) is 3.04. The predicted molar refractivity (Wildman–Crippen MR) is 120 cm³/mol. The number of benzene rings is 2. The van der Waals surface area contributed by atoms with E-state index < -0.39 is 17.8 Å². The molecular weight excluding hydrogens is 431 g/mol. The summed E-state index contributed by atoms with van der Waals surface area (Å²) < 4.78 is 39.7. The molecule has 4 rings (SSSR count). The Labute approximate surface area is 189 Å². The number of nitriles is 1. The highest BCUT2D eigenvalue weighted by Gasteiger charge is 2.34. The first-order chi connectivity index (χ1) is 15.8. The molecule has 2 aromatic carbocycles. The van der Waals surface area contributed by atoms with Gasteiger partial charge in [0.1, 0.15) is 11.9 Å². The van der Waals surface area contributed by atoms with Gasteiger partial charge in [0.25, 0.3) is 0 Å². The Morgan fingerprint density at radius 1 is 1.09 bits per heavy atom. The van der Waals surface area contributed by atoms with Crippen LogP contribution in [0, 0.1) is 18.3 Å². The van der Waals surface area contributed by atoms with Gasteiger partial charge in [-0.25, -0.2) is 9.78 Å². The third-order valence-corrected chi connectivity index (χ3v) is 5.63. The first-order valence-electron chi connectivity index (χ1n) is 10.5. The summed E-state index contributed by atoms with van der Waals surface area (Å²) >= 11 is 0. The molecule has 0 radical (unpaired) electrons. The number of rotatable bonds is 2. The Morgan fingerprint density at radius 2 is 1.88 bits per heavy atom. The van der Waals surface area contributed by atoms with Gasteiger partial charge in [-0.1, -0.05) is 24.3 Å². The topological polar surface area (TPSA) is 72.3 Å². The lowest BCUT2D eigenvalue weighted by atomic mass is 10.1. The zero-order valence-electron chi connectivity index (χ0n) is 18.0. The number of hydrogen-bond acceptors (Lipinski definition) is 4. The van der Waals surface area contributed by atoms with Crippen molar-refractivity contribution in [2.45, 2.75) is 19.5 Å². The Bertz CT molecular complexity index is 1230. The van der Waals surface area contributed by atoms with Crippen LogP contribution in [0.2, 0.25) is 0 Å². The highest BCUT2D eigenvalue weighted by Crippen LogP contribution is 2.34. The van der Waals surface area contributed by atoms with Gasteiger partial charge in [-0.05, 0) is 43.2 Å². The summed E-state index contributed by atoms with van der Waals surface area (Å²) in [5.74, 6) is 0.556. The number of alkyl halides is 3. The largest absolute Gasteiger partial charge is 0.418 e. The van der Waals surface area contributed by atoms with Crippen molar-refractivity contribution in [2.75, 3.05) is 36.4 Å². The number of pyridine rings is 1.